The Labute approximate surface area is 200 Å². The fraction of sp³-hybridized carbons (Fsp3) is 0.240. The molecule has 0 spiro atoms. The number of nitro benzene ring substituents is 1. The van der Waals surface area contributed by atoms with Gasteiger partial charge in [0.1, 0.15) is 0 Å². The van der Waals surface area contributed by atoms with Crippen molar-refractivity contribution in [3.05, 3.63) is 82.6 Å². The first-order chi connectivity index (χ1) is 17.1. The summed E-state index contributed by atoms with van der Waals surface area (Å²) in [4.78, 5) is 20.7. The number of rotatable bonds is 5. The predicted octanol–water partition coefficient (Wildman–Crippen LogP) is 4.16. The average Bonchev–Trinajstić information content (AvgIpc) is 3.55. The number of para-hydroxylation sites is 2. The van der Waals surface area contributed by atoms with E-state index in [0.717, 1.165) is 34.6 Å². The molecular weight excluding hydrogens is 446 g/mol. The van der Waals surface area contributed by atoms with Gasteiger partial charge in [-0.25, -0.2) is 9.38 Å². The van der Waals surface area contributed by atoms with Crippen LogP contribution in [0.3, 0.4) is 0 Å². The van der Waals surface area contributed by atoms with Gasteiger partial charge in [0.05, 0.1) is 16.7 Å². The second kappa shape index (κ2) is 8.48. The molecule has 0 unspecified atom stereocenters. The largest absolute Gasteiger partial charge is 0.461 e. The second-order valence-electron chi connectivity index (χ2n) is 8.74. The summed E-state index contributed by atoms with van der Waals surface area (Å²) in [5, 5.41) is 21.3. The average molecular weight is 470 g/mol. The van der Waals surface area contributed by atoms with Crippen molar-refractivity contribution < 1.29 is 9.34 Å². The van der Waals surface area contributed by atoms with Crippen LogP contribution in [0.15, 0.2) is 71.3 Å². The normalized spacial score (nSPS) is 16.8. The van der Waals surface area contributed by atoms with E-state index >= 15 is 0 Å². The molecule has 1 aliphatic rings. The van der Waals surface area contributed by atoms with E-state index in [1.165, 1.54) is 0 Å². The van der Waals surface area contributed by atoms with E-state index in [0.29, 0.717) is 31.2 Å². The number of furan rings is 1. The Morgan fingerprint density at radius 3 is 2.69 bits per heavy atom. The van der Waals surface area contributed by atoms with Gasteiger partial charge in [0.25, 0.3) is 5.69 Å². The highest BCUT2D eigenvalue weighted by atomic mass is 16.6. The van der Waals surface area contributed by atoms with Crippen LogP contribution in [0.1, 0.15) is 12.5 Å². The van der Waals surface area contributed by atoms with Crippen molar-refractivity contribution >= 4 is 28.2 Å². The van der Waals surface area contributed by atoms with Gasteiger partial charge in [-0.3, -0.25) is 15.0 Å². The van der Waals surface area contributed by atoms with E-state index in [1.807, 2.05) is 52.9 Å². The summed E-state index contributed by atoms with van der Waals surface area (Å²) in [6, 6.07) is 18.7. The fourth-order valence-corrected chi connectivity index (χ4v) is 4.80. The topological polar surface area (TPSA) is 106 Å². The maximum atomic E-state index is 11.5. The van der Waals surface area contributed by atoms with E-state index in [4.69, 9.17) is 9.40 Å². The van der Waals surface area contributed by atoms with Gasteiger partial charge >= 0.3 is 0 Å². The highest BCUT2D eigenvalue weighted by Gasteiger charge is 2.29. The SMILES string of the molecule is C[C@H]1CN(c2nc3ccccc3c3nnc(-c4ccco4)n23)CCN1Cc1ccccc1[N+](=O)[O-]. The van der Waals surface area contributed by atoms with Crippen LogP contribution in [0.2, 0.25) is 0 Å². The molecule has 5 aromatic rings. The maximum Gasteiger partial charge on any atom is 0.273 e. The second-order valence-corrected chi connectivity index (χ2v) is 8.74. The highest BCUT2D eigenvalue weighted by molar-refractivity contribution is 5.93. The number of hydrogen-bond donors (Lipinski definition) is 0. The Balaban J connectivity index is 1.36. The summed E-state index contributed by atoms with van der Waals surface area (Å²) in [6.07, 6.45) is 1.62. The molecule has 0 bridgehead atoms. The molecule has 0 saturated carbocycles. The van der Waals surface area contributed by atoms with Gasteiger partial charge in [-0.05, 0) is 31.2 Å². The molecule has 10 heteroatoms. The van der Waals surface area contributed by atoms with Crippen LogP contribution >= 0.6 is 0 Å². The molecule has 1 aliphatic heterocycles. The van der Waals surface area contributed by atoms with Crippen molar-refractivity contribution in [1.29, 1.82) is 0 Å². The monoisotopic (exact) mass is 469 g/mol. The van der Waals surface area contributed by atoms with Crippen molar-refractivity contribution in [3.8, 4) is 11.6 Å². The molecule has 1 fully saturated rings. The molecule has 0 amide bonds. The molecule has 4 heterocycles. The molecule has 3 aromatic heterocycles. The van der Waals surface area contributed by atoms with Crippen LogP contribution in [-0.4, -0.2) is 55.1 Å². The Morgan fingerprint density at radius 2 is 1.89 bits per heavy atom. The first-order valence-corrected chi connectivity index (χ1v) is 11.5. The van der Waals surface area contributed by atoms with Gasteiger partial charge in [0.15, 0.2) is 11.4 Å². The lowest BCUT2D eigenvalue weighted by Crippen LogP contribution is -2.52. The quantitative estimate of drug-likeness (QED) is 0.279. The summed E-state index contributed by atoms with van der Waals surface area (Å²) in [6.45, 7) is 4.81. The van der Waals surface area contributed by atoms with E-state index in [1.54, 1.807) is 18.4 Å². The first kappa shape index (κ1) is 21.2. The lowest BCUT2D eigenvalue weighted by Gasteiger charge is -2.40. The van der Waals surface area contributed by atoms with Crippen LogP contribution < -0.4 is 4.90 Å². The minimum Gasteiger partial charge on any atom is -0.461 e. The number of piperazine rings is 1. The predicted molar refractivity (Wildman–Crippen MR) is 131 cm³/mol. The molecule has 6 rings (SSSR count). The third-order valence-corrected chi connectivity index (χ3v) is 6.58. The van der Waals surface area contributed by atoms with Gasteiger partial charge in [-0.2, -0.15) is 0 Å². The lowest BCUT2D eigenvalue weighted by molar-refractivity contribution is -0.385. The van der Waals surface area contributed by atoms with Crippen molar-refractivity contribution in [2.45, 2.75) is 19.5 Å². The summed E-state index contributed by atoms with van der Waals surface area (Å²) in [7, 11) is 0. The minimum absolute atomic E-state index is 0.149. The highest BCUT2D eigenvalue weighted by Crippen LogP contribution is 2.30. The summed E-state index contributed by atoms with van der Waals surface area (Å²) < 4.78 is 7.61. The Bertz CT molecular complexity index is 1530. The van der Waals surface area contributed by atoms with Gasteiger partial charge < -0.3 is 9.32 Å². The zero-order chi connectivity index (χ0) is 23.9. The van der Waals surface area contributed by atoms with Crippen LogP contribution in [-0.2, 0) is 6.54 Å². The number of fused-ring (bicyclic) bond motifs is 3. The Morgan fingerprint density at radius 1 is 1.06 bits per heavy atom. The van der Waals surface area contributed by atoms with Crippen molar-refractivity contribution in [2.75, 3.05) is 24.5 Å². The van der Waals surface area contributed by atoms with E-state index in [-0.39, 0.29) is 16.7 Å². The smallest absolute Gasteiger partial charge is 0.273 e. The molecule has 176 valence electrons. The van der Waals surface area contributed by atoms with Crippen molar-refractivity contribution in [3.63, 3.8) is 0 Å². The third kappa shape index (κ3) is 3.68. The molecule has 35 heavy (non-hydrogen) atoms. The number of anilines is 1. The van der Waals surface area contributed by atoms with Crippen molar-refractivity contribution in [2.24, 2.45) is 0 Å². The molecule has 1 atom stereocenters. The van der Waals surface area contributed by atoms with Crippen LogP contribution in [0.25, 0.3) is 28.1 Å². The standard InChI is InChI=1S/C25H23N7O3/c1-17-15-30(13-12-29(17)16-18-7-2-5-10-21(18)32(33)34)25-26-20-9-4-3-8-19(20)23-27-28-24(31(23)25)22-11-6-14-35-22/h2-11,14,17H,12-13,15-16H2,1H3/t17-/m0/s1. The molecular formula is C25H23N7O3. The first-order valence-electron chi connectivity index (χ1n) is 11.5. The molecule has 1 saturated heterocycles. The Kier molecular flexibility index (Phi) is 5.14. The molecule has 0 N–H and O–H groups in total. The van der Waals surface area contributed by atoms with E-state index in [2.05, 4.69) is 26.9 Å². The number of benzene rings is 2. The number of nitro groups is 1. The van der Waals surface area contributed by atoms with Crippen LogP contribution in [0.4, 0.5) is 11.6 Å². The van der Waals surface area contributed by atoms with Crippen molar-refractivity contribution in [1.82, 2.24) is 24.5 Å². The van der Waals surface area contributed by atoms with Gasteiger partial charge in [-0.15, -0.1) is 10.2 Å². The zero-order valence-electron chi connectivity index (χ0n) is 19.1. The summed E-state index contributed by atoms with van der Waals surface area (Å²) >= 11 is 0. The van der Waals surface area contributed by atoms with E-state index in [9.17, 15) is 10.1 Å². The number of nitrogens with zero attached hydrogens (tertiary/aromatic N) is 7. The lowest BCUT2D eigenvalue weighted by atomic mass is 10.1. The van der Waals surface area contributed by atoms with Crippen LogP contribution in [0.5, 0.6) is 0 Å². The third-order valence-electron chi connectivity index (χ3n) is 6.58. The minimum atomic E-state index is -0.311. The van der Waals surface area contributed by atoms with Gasteiger partial charge in [0.2, 0.25) is 11.8 Å². The molecule has 10 nitrogen and oxygen atoms in total. The summed E-state index contributed by atoms with van der Waals surface area (Å²) in [5.41, 5.74) is 2.46. The molecule has 0 radical (unpaired) electrons. The Hall–Kier alpha value is -4.31. The summed E-state index contributed by atoms with van der Waals surface area (Å²) in [5.74, 6) is 1.99. The maximum absolute atomic E-state index is 11.5. The molecule has 0 aliphatic carbocycles. The fourth-order valence-electron chi connectivity index (χ4n) is 4.80. The molecule has 2 aromatic carbocycles. The van der Waals surface area contributed by atoms with E-state index < -0.39 is 0 Å². The number of hydrogen-bond acceptors (Lipinski definition) is 8. The van der Waals surface area contributed by atoms with Crippen LogP contribution in [0, 0.1) is 10.1 Å². The number of aromatic nitrogens is 4. The van der Waals surface area contributed by atoms with Gasteiger partial charge in [0, 0.05) is 49.2 Å². The zero-order valence-corrected chi connectivity index (χ0v) is 19.1. The van der Waals surface area contributed by atoms with Gasteiger partial charge in [-0.1, -0.05) is 30.3 Å².